The summed E-state index contributed by atoms with van der Waals surface area (Å²) in [5, 5.41) is 5.14. The van der Waals surface area contributed by atoms with Gasteiger partial charge in [-0.05, 0) is 44.6 Å². The van der Waals surface area contributed by atoms with Crippen molar-refractivity contribution in [2.75, 3.05) is 0 Å². The molecule has 0 bridgehead atoms. The largest absolute Gasteiger partial charge is 0.352 e. The first-order chi connectivity index (χ1) is 11.9. The summed E-state index contributed by atoms with van der Waals surface area (Å²) in [6.07, 6.45) is 5.18. The van der Waals surface area contributed by atoms with Gasteiger partial charge in [0.2, 0.25) is 5.91 Å². The summed E-state index contributed by atoms with van der Waals surface area (Å²) >= 11 is 3.24. The predicted molar refractivity (Wildman–Crippen MR) is 106 cm³/mol. The molecule has 0 aliphatic heterocycles. The molecule has 2 heterocycles. The van der Waals surface area contributed by atoms with Gasteiger partial charge in [0.05, 0.1) is 5.25 Å². The van der Waals surface area contributed by atoms with Crippen molar-refractivity contribution in [2.24, 2.45) is 11.8 Å². The minimum atomic E-state index is -0.165. The van der Waals surface area contributed by atoms with Crippen molar-refractivity contribution in [3.63, 3.8) is 0 Å². The lowest BCUT2D eigenvalue weighted by molar-refractivity contribution is -0.121. The lowest BCUT2D eigenvalue weighted by Crippen LogP contribution is -2.46. The molecule has 4 atom stereocenters. The van der Waals surface area contributed by atoms with E-state index in [1.165, 1.54) is 23.3 Å². The molecule has 0 unspecified atom stereocenters. The van der Waals surface area contributed by atoms with Crippen LogP contribution in [0.15, 0.2) is 11.4 Å². The Morgan fingerprint density at radius 1 is 1.32 bits per heavy atom. The quantitative estimate of drug-likeness (QED) is 0.618. The Hall–Kier alpha value is -1.14. The van der Waals surface area contributed by atoms with E-state index in [1.807, 2.05) is 6.92 Å². The maximum absolute atomic E-state index is 12.7. The summed E-state index contributed by atoms with van der Waals surface area (Å²) in [5.74, 6) is 1.34. The summed E-state index contributed by atoms with van der Waals surface area (Å²) in [4.78, 5) is 23.8. The first-order valence-corrected chi connectivity index (χ1v) is 10.8. The Bertz CT molecular complexity index is 773. The molecule has 1 aliphatic carbocycles. The van der Waals surface area contributed by atoms with Crippen LogP contribution in [0.1, 0.15) is 50.5 Å². The zero-order valence-corrected chi connectivity index (χ0v) is 17.3. The van der Waals surface area contributed by atoms with E-state index in [-0.39, 0.29) is 11.2 Å². The lowest BCUT2D eigenvalue weighted by atomic mass is 9.78. The standard InChI is InChI=1S/C19H27N3OS2/c1-10-7-6-8-15(11(10)2)22-17(23)14(5)25-19-16-12(3)13(4)24-18(16)20-9-21-19/h9-11,14-15H,6-8H2,1-5H3,(H,22,23)/t10-,11-,14-,15+/m0/s1. The van der Waals surface area contributed by atoms with E-state index >= 15 is 0 Å². The second-order valence-electron chi connectivity index (χ2n) is 7.28. The average molecular weight is 378 g/mol. The van der Waals surface area contributed by atoms with E-state index in [9.17, 15) is 4.79 Å². The number of hydrogen-bond acceptors (Lipinski definition) is 5. The van der Waals surface area contributed by atoms with Crippen molar-refractivity contribution in [3.8, 4) is 0 Å². The molecule has 0 aromatic carbocycles. The first-order valence-electron chi connectivity index (χ1n) is 9.06. The van der Waals surface area contributed by atoms with Crippen molar-refractivity contribution >= 4 is 39.2 Å². The second kappa shape index (κ2) is 7.62. The average Bonchev–Trinajstić information content (AvgIpc) is 2.87. The Morgan fingerprint density at radius 2 is 2.08 bits per heavy atom. The number of amides is 1. The third-order valence-corrected chi connectivity index (χ3v) is 7.84. The molecular formula is C19H27N3OS2. The predicted octanol–water partition coefficient (Wildman–Crippen LogP) is 4.73. The van der Waals surface area contributed by atoms with Gasteiger partial charge in [0.1, 0.15) is 16.2 Å². The van der Waals surface area contributed by atoms with Gasteiger partial charge >= 0.3 is 0 Å². The highest BCUT2D eigenvalue weighted by Crippen LogP contribution is 2.36. The number of nitrogens with one attached hydrogen (secondary N) is 1. The third-order valence-electron chi connectivity index (χ3n) is 5.62. The van der Waals surface area contributed by atoms with E-state index in [2.05, 4.69) is 43.0 Å². The molecule has 1 saturated carbocycles. The summed E-state index contributed by atoms with van der Waals surface area (Å²) in [7, 11) is 0. The molecule has 1 aliphatic rings. The van der Waals surface area contributed by atoms with E-state index in [4.69, 9.17) is 0 Å². The highest BCUT2D eigenvalue weighted by atomic mass is 32.2. The van der Waals surface area contributed by atoms with E-state index in [0.717, 1.165) is 21.7 Å². The number of aromatic nitrogens is 2. The molecule has 6 heteroatoms. The number of rotatable bonds is 4. The van der Waals surface area contributed by atoms with Crippen LogP contribution in [0.4, 0.5) is 0 Å². The summed E-state index contributed by atoms with van der Waals surface area (Å²) in [6, 6.07) is 0.301. The van der Waals surface area contributed by atoms with Crippen LogP contribution >= 0.6 is 23.1 Å². The van der Waals surface area contributed by atoms with Crippen molar-refractivity contribution in [3.05, 3.63) is 16.8 Å². The van der Waals surface area contributed by atoms with Gasteiger partial charge in [0, 0.05) is 16.3 Å². The van der Waals surface area contributed by atoms with Gasteiger partial charge in [0.25, 0.3) is 0 Å². The topological polar surface area (TPSA) is 54.9 Å². The van der Waals surface area contributed by atoms with Gasteiger partial charge in [-0.3, -0.25) is 4.79 Å². The van der Waals surface area contributed by atoms with Crippen LogP contribution in [0.2, 0.25) is 0 Å². The molecule has 136 valence electrons. The Kier molecular flexibility index (Phi) is 5.68. The molecule has 1 amide bonds. The highest BCUT2D eigenvalue weighted by molar-refractivity contribution is 8.00. The SMILES string of the molecule is Cc1sc2ncnc(S[C@@H](C)C(=O)N[C@@H]3CCC[C@H](C)[C@@H]3C)c2c1C. The summed E-state index contributed by atoms with van der Waals surface area (Å²) in [5.41, 5.74) is 1.23. The van der Waals surface area contributed by atoms with Crippen LogP contribution in [-0.2, 0) is 4.79 Å². The third kappa shape index (κ3) is 3.85. The van der Waals surface area contributed by atoms with Gasteiger partial charge in [0.15, 0.2) is 0 Å². The van der Waals surface area contributed by atoms with Crippen molar-refractivity contribution in [2.45, 2.75) is 70.2 Å². The number of thioether (sulfide) groups is 1. The molecule has 3 rings (SSSR count). The van der Waals surface area contributed by atoms with E-state index in [0.29, 0.717) is 17.9 Å². The molecular weight excluding hydrogens is 350 g/mol. The molecule has 2 aromatic rings. The molecule has 1 N–H and O–H groups in total. The molecule has 0 spiro atoms. The van der Waals surface area contributed by atoms with E-state index < -0.39 is 0 Å². The number of hydrogen-bond donors (Lipinski definition) is 1. The van der Waals surface area contributed by atoms with E-state index in [1.54, 1.807) is 29.4 Å². The van der Waals surface area contributed by atoms with Gasteiger partial charge in [-0.15, -0.1) is 11.3 Å². The monoisotopic (exact) mass is 377 g/mol. The smallest absolute Gasteiger partial charge is 0.233 e. The number of carbonyl (C=O) groups excluding carboxylic acids is 1. The van der Waals surface area contributed by atoms with Crippen LogP contribution in [-0.4, -0.2) is 27.2 Å². The molecule has 2 aromatic heterocycles. The van der Waals surface area contributed by atoms with Crippen LogP contribution < -0.4 is 5.32 Å². The van der Waals surface area contributed by atoms with Gasteiger partial charge in [-0.25, -0.2) is 9.97 Å². The fourth-order valence-electron chi connectivity index (χ4n) is 3.55. The summed E-state index contributed by atoms with van der Waals surface area (Å²) in [6.45, 7) is 10.7. The maximum atomic E-state index is 12.7. The minimum Gasteiger partial charge on any atom is -0.352 e. The second-order valence-corrected chi connectivity index (χ2v) is 9.82. The normalized spacial score (nSPS) is 25.1. The molecule has 1 fully saturated rings. The lowest BCUT2D eigenvalue weighted by Gasteiger charge is -2.35. The number of nitrogens with zero attached hydrogens (tertiary/aromatic N) is 2. The maximum Gasteiger partial charge on any atom is 0.233 e. The van der Waals surface area contributed by atoms with Gasteiger partial charge in [-0.2, -0.15) is 0 Å². The Labute approximate surface area is 158 Å². The highest BCUT2D eigenvalue weighted by Gasteiger charge is 2.29. The summed E-state index contributed by atoms with van der Waals surface area (Å²) < 4.78 is 0. The number of thiophene rings is 1. The molecule has 25 heavy (non-hydrogen) atoms. The van der Waals surface area contributed by atoms with Crippen LogP contribution in [0.5, 0.6) is 0 Å². The zero-order chi connectivity index (χ0) is 18.1. The van der Waals surface area contributed by atoms with Crippen LogP contribution in [0, 0.1) is 25.7 Å². The van der Waals surface area contributed by atoms with Crippen molar-refractivity contribution < 1.29 is 4.79 Å². The van der Waals surface area contributed by atoms with Crippen molar-refractivity contribution in [1.82, 2.24) is 15.3 Å². The first kappa shape index (κ1) is 18.6. The number of fused-ring (bicyclic) bond motifs is 1. The fourth-order valence-corrected chi connectivity index (χ4v) is 5.59. The zero-order valence-electron chi connectivity index (χ0n) is 15.6. The van der Waals surface area contributed by atoms with Gasteiger partial charge < -0.3 is 5.32 Å². The number of carbonyl (C=O) groups is 1. The van der Waals surface area contributed by atoms with Crippen LogP contribution in [0.25, 0.3) is 10.2 Å². The van der Waals surface area contributed by atoms with Gasteiger partial charge in [-0.1, -0.05) is 38.5 Å². The number of aryl methyl sites for hydroxylation is 2. The molecule has 0 radical (unpaired) electrons. The Balaban J connectivity index is 1.72. The van der Waals surface area contributed by atoms with Crippen LogP contribution in [0.3, 0.4) is 0 Å². The fraction of sp³-hybridized carbons (Fsp3) is 0.632. The van der Waals surface area contributed by atoms with Crippen molar-refractivity contribution in [1.29, 1.82) is 0 Å². The minimum absolute atomic E-state index is 0.118. The molecule has 4 nitrogen and oxygen atoms in total. The Morgan fingerprint density at radius 3 is 2.84 bits per heavy atom. The molecule has 0 saturated heterocycles.